The quantitative estimate of drug-likeness (QED) is 0.513. The van der Waals surface area contributed by atoms with Crippen LogP contribution in [0.2, 0.25) is 0 Å². The first-order valence-corrected chi connectivity index (χ1v) is 6.02. The molecule has 1 aromatic carbocycles. The average molecular weight is 265 g/mol. The first-order chi connectivity index (χ1) is 8.77. The first-order valence-electron chi connectivity index (χ1n) is 6.02. The minimum Gasteiger partial charge on any atom is -0.379 e. The van der Waals surface area contributed by atoms with E-state index in [0.29, 0.717) is 6.29 Å². The first kappa shape index (κ1) is 15.3. The number of carbonyl (C=O) groups is 2. The van der Waals surface area contributed by atoms with Crippen molar-refractivity contribution in [1.82, 2.24) is 5.32 Å². The van der Waals surface area contributed by atoms with Crippen molar-refractivity contribution in [2.24, 2.45) is 0 Å². The minimum atomic E-state index is -1.86. The van der Waals surface area contributed by atoms with Gasteiger partial charge in [-0.15, -0.1) is 0 Å². The zero-order valence-electron chi connectivity index (χ0n) is 11.1. The van der Waals surface area contributed by atoms with Crippen LogP contribution in [0, 0.1) is 0 Å². The normalized spacial score (nSPS) is 14.5. The Morgan fingerprint density at radius 3 is 2.32 bits per heavy atom. The van der Waals surface area contributed by atoms with E-state index < -0.39 is 17.2 Å². The predicted molar refractivity (Wildman–Crippen MR) is 70.2 cm³/mol. The standard InChI is InChI=1S/C14H19NO4/c1-13(2,18)15-12(17)14(19,8-9-16)10-11-6-4-3-5-7-11/h3-7,9,18-19H,8,10H2,1-2H3,(H,15,17)/t14-/m0/s1. The van der Waals surface area contributed by atoms with Gasteiger partial charge in [-0.1, -0.05) is 30.3 Å². The maximum atomic E-state index is 12.0. The van der Waals surface area contributed by atoms with E-state index in [1.165, 1.54) is 13.8 Å². The van der Waals surface area contributed by atoms with Crippen LogP contribution in [-0.2, 0) is 16.0 Å². The van der Waals surface area contributed by atoms with E-state index in [9.17, 15) is 19.8 Å². The molecule has 1 aromatic rings. The summed E-state index contributed by atoms with van der Waals surface area (Å²) < 4.78 is 0. The Bertz CT molecular complexity index is 439. The lowest BCUT2D eigenvalue weighted by Crippen LogP contribution is -2.55. The van der Waals surface area contributed by atoms with Crippen LogP contribution in [-0.4, -0.2) is 33.7 Å². The maximum Gasteiger partial charge on any atom is 0.254 e. The summed E-state index contributed by atoms with van der Waals surface area (Å²) in [5, 5.41) is 22.2. The van der Waals surface area contributed by atoms with Crippen molar-refractivity contribution in [2.75, 3.05) is 0 Å². The SMILES string of the molecule is CC(C)(O)NC(=O)[C@](O)(CC=O)Cc1ccccc1. The summed E-state index contributed by atoms with van der Waals surface area (Å²) in [6.07, 6.45) is 0.172. The number of aliphatic hydroxyl groups is 2. The summed E-state index contributed by atoms with van der Waals surface area (Å²) in [5.74, 6) is -0.768. The number of benzene rings is 1. The summed E-state index contributed by atoms with van der Waals surface area (Å²) in [5.41, 5.74) is -2.58. The van der Waals surface area contributed by atoms with Crippen LogP contribution in [0.5, 0.6) is 0 Å². The number of hydrogen-bond donors (Lipinski definition) is 3. The molecule has 0 unspecified atom stereocenters. The zero-order chi connectivity index (χ0) is 14.5. The van der Waals surface area contributed by atoms with Crippen molar-refractivity contribution in [2.45, 2.75) is 38.0 Å². The van der Waals surface area contributed by atoms with Crippen LogP contribution in [0.4, 0.5) is 0 Å². The third kappa shape index (κ3) is 4.81. The molecule has 0 fully saturated rings. The molecule has 0 aliphatic carbocycles. The van der Waals surface area contributed by atoms with E-state index in [-0.39, 0.29) is 12.8 Å². The summed E-state index contributed by atoms with van der Waals surface area (Å²) >= 11 is 0. The van der Waals surface area contributed by atoms with E-state index in [2.05, 4.69) is 5.32 Å². The fourth-order valence-electron chi connectivity index (χ4n) is 1.71. The number of carbonyl (C=O) groups excluding carboxylic acids is 2. The van der Waals surface area contributed by atoms with Gasteiger partial charge in [0.05, 0.1) is 0 Å². The van der Waals surface area contributed by atoms with Gasteiger partial charge in [-0.25, -0.2) is 0 Å². The lowest BCUT2D eigenvalue weighted by molar-refractivity contribution is -0.148. The van der Waals surface area contributed by atoms with E-state index >= 15 is 0 Å². The molecule has 104 valence electrons. The van der Waals surface area contributed by atoms with Crippen molar-refractivity contribution >= 4 is 12.2 Å². The number of hydrogen-bond acceptors (Lipinski definition) is 4. The zero-order valence-corrected chi connectivity index (χ0v) is 11.1. The second-order valence-electron chi connectivity index (χ2n) is 5.08. The van der Waals surface area contributed by atoms with Gasteiger partial charge >= 0.3 is 0 Å². The lowest BCUT2D eigenvalue weighted by Gasteiger charge is -2.29. The van der Waals surface area contributed by atoms with Gasteiger partial charge in [0.25, 0.3) is 5.91 Å². The predicted octanol–water partition coefficient (Wildman–Crippen LogP) is 0.394. The molecule has 0 aliphatic heterocycles. The van der Waals surface area contributed by atoms with E-state index in [0.717, 1.165) is 5.56 Å². The lowest BCUT2D eigenvalue weighted by atomic mass is 9.90. The van der Waals surface area contributed by atoms with Gasteiger partial charge in [-0.3, -0.25) is 4.79 Å². The Labute approximate surface area is 112 Å². The van der Waals surface area contributed by atoms with Crippen molar-refractivity contribution in [3.63, 3.8) is 0 Å². The van der Waals surface area contributed by atoms with Gasteiger partial charge in [0.2, 0.25) is 0 Å². The molecular formula is C14H19NO4. The molecule has 0 spiro atoms. The molecule has 19 heavy (non-hydrogen) atoms. The molecule has 0 aromatic heterocycles. The summed E-state index contributed by atoms with van der Waals surface area (Å²) in [4.78, 5) is 22.7. The molecule has 0 saturated heterocycles. The van der Waals surface area contributed by atoms with E-state index in [4.69, 9.17) is 0 Å². The summed E-state index contributed by atoms with van der Waals surface area (Å²) in [7, 11) is 0. The van der Waals surface area contributed by atoms with Crippen molar-refractivity contribution in [3.8, 4) is 0 Å². The van der Waals surface area contributed by atoms with Crippen molar-refractivity contribution < 1.29 is 19.8 Å². The van der Waals surface area contributed by atoms with Gasteiger partial charge in [0.15, 0.2) is 5.60 Å². The largest absolute Gasteiger partial charge is 0.379 e. The molecule has 1 atom stereocenters. The van der Waals surface area contributed by atoms with Gasteiger partial charge in [0, 0.05) is 12.8 Å². The van der Waals surface area contributed by atoms with Crippen molar-refractivity contribution in [1.29, 1.82) is 0 Å². The third-order valence-corrected chi connectivity index (χ3v) is 2.60. The molecule has 0 radical (unpaired) electrons. The topological polar surface area (TPSA) is 86.6 Å². The molecule has 0 saturated carbocycles. The molecular weight excluding hydrogens is 246 g/mol. The van der Waals surface area contributed by atoms with Crippen LogP contribution in [0.3, 0.4) is 0 Å². The van der Waals surface area contributed by atoms with Crippen LogP contribution in [0.15, 0.2) is 30.3 Å². The van der Waals surface area contributed by atoms with Gasteiger partial charge in [-0.2, -0.15) is 0 Å². The monoisotopic (exact) mass is 265 g/mol. The molecule has 0 bridgehead atoms. The highest BCUT2D eigenvalue weighted by Crippen LogP contribution is 2.18. The third-order valence-electron chi connectivity index (χ3n) is 2.60. The van der Waals surface area contributed by atoms with Gasteiger partial charge < -0.3 is 20.3 Å². The maximum absolute atomic E-state index is 12.0. The molecule has 1 rings (SSSR count). The van der Waals surface area contributed by atoms with E-state index in [1.54, 1.807) is 24.3 Å². The number of rotatable bonds is 6. The second-order valence-corrected chi connectivity index (χ2v) is 5.08. The Morgan fingerprint density at radius 2 is 1.84 bits per heavy atom. The Balaban J connectivity index is 2.90. The molecule has 1 amide bonds. The van der Waals surface area contributed by atoms with Crippen LogP contribution in [0.25, 0.3) is 0 Å². The Kier molecular flexibility index (Phi) is 4.80. The number of amides is 1. The van der Waals surface area contributed by atoms with Crippen LogP contribution >= 0.6 is 0 Å². The highest BCUT2D eigenvalue weighted by atomic mass is 16.3. The van der Waals surface area contributed by atoms with Gasteiger partial charge in [-0.05, 0) is 19.4 Å². The number of nitrogens with one attached hydrogen (secondary N) is 1. The Hall–Kier alpha value is -1.72. The Morgan fingerprint density at radius 1 is 1.26 bits per heavy atom. The highest BCUT2D eigenvalue weighted by molar-refractivity contribution is 5.88. The van der Waals surface area contributed by atoms with E-state index in [1.807, 2.05) is 6.07 Å². The molecule has 0 aliphatic rings. The summed E-state index contributed by atoms with van der Waals surface area (Å²) in [6.45, 7) is 2.77. The average Bonchev–Trinajstić information content (AvgIpc) is 2.28. The summed E-state index contributed by atoms with van der Waals surface area (Å²) in [6, 6.07) is 8.90. The fraction of sp³-hybridized carbons (Fsp3) is 0.429. The van der Waals surface area contributed by atoms with Gasteiger partial charge in [0.1, 0.15) is 12.0 Å². The molecule has 5 heteroatoms. The minimum absolute atomic E-state index is 0.00843. The second kappa shape index (κ2) is 5.95. The number of aldehydes is 1. The molecule has 3 N–H and O–H groups in total. The van der Waals surface area contributed by atoms with Crippen molar-refractivity contribution in [3.05, 3.63) is 35.9 Å². The molecule has 0 heterocycles. The highest BCUT2D eigenvalue weighted by Gasteiger charge is 2.37. The van der Waals surface area contributed by atoms with Crippen LogP contribution < -0.4 is 5.32 Å². The molecule has 5 nitrogen and oxygen atoms in total. The van der Waals surface area contributed by atoms with Crippen LogP contribution in [0.1, 0.15) is 25.8 Å². The fourth-order valence-corrected chi connectivity index (χ4v) is 1.71. The smallest absolute Gasteiger partial charge is 0.254 e.